The van der Waals surface area contributed by atoms with E-state index < -0.39 is 6.17 Å². The number of hydrogen-bond donors (Lipinski definition) is 0. The third-order valence-electron chi connectivity index (χ3n) is 9.59. The van der Waals surface area contributed by atoms with Crippen LogP contribution in [0.5, 0.6) is 0 Å². The highest BCUT2D eigenvalue weighted by Gasteiger charge is 2.55. The monoisotopic (exact) mass is 470 g/mol. The van der Waals surface area contributed by atoms with Crippen molar-refractivity contribution in [3.05, 3.63) is 48.6 Å². The van der Waals surface area contributed by atoms with E-state index in [9.17, 15) is 0 Å². The van der Waals surface area contributed by atoms with Crippen LogP contribution < -0.4 is 0 Å². The van der Waals surface area contributed by atoms with Crippen LogP contribution in [0.1, 0.15) is 113 Å². The van der Waals surface area contributed by atoms with Crippen LogP contribution in [0.25, 0.3) is 0 Å². The molecule has 194 valence electrons. The molecule has 0 amide bonds. The molecule has 0 aromatic rings. The summed E-state index contributed by atoms with van der Waals surface area (Å²) in [7, 11) is 0. The first kappa shape index (κ1) is 29.1. The zero-order chi connectivity index (χ0) is 25.7. The summed E-state index contributed by atoms with van der Waals surface area (Å²) in [6.45, 7) is 28.8. The van der Waals surface area contributed by atoms with Crippen molar-refractivity contribution < 1.29 is 4.39 Å². The van der Waals surface area contributed by atoms with E-state index >= 15 is 4.39 Å². The smallest absolute Gasteiger partial charge is 0.121 e. The Kier molecular flexibility index (Phi) is 10.5. The molecule has 0 saturated heterocycles. The van der Waals surface area contributed by atoms with E-state index in [-0.39, 0.29) is 11.3 Å². The van der Waals surface area contributed by atoms with E-state index in [2.05, 4.69) is 66.9 Å². The number of rotatable bonds is 13. The number of hydrogen-bond acceptors (Lipinski definition) is 0. The number of halogens is 1. The van der Waals surface area contributed by atoms with Crippen molar-refractivity contribution in [3.63, 3.8) is 0 Å². The number of allylic oxidation sites excluding steroid dienone is 5. The fourth-order valence-corrected chi connectivity index (χ4v) is 6.72. The third-order valence-corrected chi connectivity index (χ3v) is 9.59. The molecule has 2 aliphatic rings. The highest BCUT2D eigenvalue weighted by molar-refractivity contribution is 5.31. The van der Waals surface area contributed by atoms with E-state index in [1.54, 1.807) is 0 Å². The summed E-state index contributed by atoms with van der Waals surface area (Å²) in [5, 5.41) is 0. The average Bonchev–Trinajstić information content (AvgIpc) is 3.52. The van der Waals surface area contributed by atoms with Gasteiger partial charge in [0, 0.05) is 0 Å². The summed E-state index contributed by atoms with van der Waals surface area (Å²) in [6.07, 6.45) is 14.8. The maximum Gasteiger partial charge on any atom is 0.121 e. The molecule has 0 nitrogen and oxygen atoms in total. The van der Waals surface area contributed by atoms with Crippen molar-refractivity contribution in [1.29, 1.82) is 0 Å². The summed E-state index contributed by atoms with van der Waals surface area (Å²) in [5.41, 5.74) is 3.84. The molecule has 2 rings (SSSR count). The molecule has 0 bridgehead atoms. The van der Waals surface area contributed by atoms with Gasteiger partial charge in [-0.25, -0.2) is 4.39 Å². The quantitative estimate of drug-likeness (QED) is 0.185. The van der Waals surface area contributed by atoms with Crippen LogP contribution in [0, 0.1) is 40.4 Å². The fraction of sp³-hybridized carbons (Fsp3) is 0.758. The van der Waals surface area contributed by atoms with Gasteiger partial charge in [-0.2, -0.15) is 0 Å². The van der Waals surface area contributed by atoms with Gasteiger partial charge >= 0.3 is 0 Å². The molecule has 1 heteroatoms. The van der Waals surface area contributed by atoms with Gasteiger partial charge in [0.1, 0.15) is 6.17 Å². The lowest BCUT2D eigenvalue weighted by molar-refractivity contribution is 0.210. The van der Waals surface area contributed by atoms with Crippen LogP contribution in [0.2, 0.25) is 0 Å². The van der Waals surface area contributed by atoms with E-state index in [1.165, 1.54) is 50.5 Å². The maximum absolute atomic E-state index is 15.1. The molecular formula is C33H55F. The van der Waals surface area contributed by atoms with E-state index in [1.807, 2.05) is 6.92 Å². The Hall–Kier alpha value is -1.11. The molecule has 5 unspecified atom stereocenters. The molecule has 0 N–H and O–H groups in total. The standard InChI is InChI=1S/C33H55F/c1-11-14-18-28-22-33(28,13-3)26(7)29(27-17-15-16-23(4)19-27)20-24(5)21-30(31(34)12-2)25(6)32(8,9)10/h11,21,23,25,27-29,31H,1,5,7,12-20,22H2,2-4,6,8-10H3/b30-21-/t23-,25?,27?,28?,29+,31?,33?/m0/s1. The van der Waals surface area contributed by atoms with Gasteiger partial charge in [0.05, 0.1) is 0 Å². The molecule has 0 aliphatic heterocycles. The van der Waals surface area contributed by atoms with Gasteiger partial charge < -0.3 is 0 Å². The molecule has 0 heterocycles. The molecule has 2 aliphatic carbocycles. The summed E-state index contributed by atoms with van der Waals surface area (Å²) >= 11 is 0. The molecule has 2 fully saturated rings. The average molecular weight is 471 g/mol. The second-order valence-electron chi connectivity index (χ2n) is 12.9. The van der Waals surface area contributed by atoms with E-state index in [0.29, 0.717) is 23.7 Å². The first-order valence-corrected chi connectivity index (χ1v) is 14.2. The second-order valence-corrected chi connectivity index (χ2v) is 12.9. The highest BCUT2D eigenvalue weighted by atomic mass is 19.1. The molecule has 2 saturated carbocycles. The van der Waals surface area contributed by atoms with Gasteiger partial charge in [-0.05, 0) is 97.4 Å². The summed E-state index contributed by atoms with van der Waals surface area (Å²) in [5.74, 6) is 2.87. The largest absolute Gasteiger partial charge is 0.243 e. The molecule has 0 aromatic heterocycles. The molecule has 0 spiro atoms. The number of alkyl halides is 1. The van der Waals surface area contributed by atoms with Gasteiger partial charge in [0.15, 0.2) is 0 Å². The molecule has 0 aromatic carbocycles. The first-order valence-electron chi connectivity index (χ1n) is 14.2. The zero-order valence-corrected chi connectivity index (χ0v) is 23.7. The van der Waals surface area contributed by atoms with Crippen LogP contribution in [-0.4, -0.2) is 6.17 Å². The fourth-order valence-electron chi connectivity index (χ4n) is 6.72. The maximum atomic E-state index is 15.1. The Balaban J connectivity index is 2.32. The molecule has 34 heavy (non-hydrogen) atoms. The van der Waals surface area contributed by atoms with Crippen LogP contribution in [0.3, 0.4) is 0 Å². The minimum absolute atomic E-state index is 0.0338. The second kappa shape index (κ2) is 12.2. The topological polar surface area (TPSA) is 0 Å². The Morgan fingerprint density at radius 2 is 1.85 bits per heavy atom. The van der Waals surface area contributed by atoms with Crippen molar-refractivity contribution in [2.75, 3.05) is 0 Å². The molecule has 0 radical (unpaired) electrons. The van der Waals surface area contributed by atoms with Crippen molar-refractivity contribution in [1.82, 2.24) is 0 Å². The predicted molar refractivity (Wildman–Crippen MR) is 150 cm³/mol. The Labute approximate surface area is 212 Å². The lowest BCUT2D eigenvalue weighted by Gasteiger charge is -2.38. The minimum atomic E-state index is -0.893. The molecular weight excluding hydrogens is 415 g/mol. The predicted octanol–water partition coefficient (Wildman–Crippen LogP) is 10.7. The summed E-state index contributed by atoms with van der Waals surface area (Å²) in [6, 6.07) is 0. The Morgan fingerprint density at radius 1 is 1.18 bits per heavy atom. The highest BCUT2D eigenvalue weighted by Crippen LogP contribution is 2.65. The Bertz CT molecular complexity index is 734. The van der Waals surface area contributed by atoms with Crippen LogP contribution >= 0.6 is 0 Å². The zero-order valence-electron chi connectivity index (χ0n) is 23.7. The lowest BCUT2D eigenvalue weighted by Crippen LogP contribution is -2.27. The lowest BCUT2D eigenvalue weighted by atomic mass is 9.67. The van der Waals surface area contributed by atoms with Gasteiger partial charge in [0.25, 0.3) is 0 Å². The van der Waals surface area contributed by atoms with Gasteiger partial charge in [0.2, 0.25) is 0 Å². The minimum Gasteiger partial charge on any atom is -0.243 e. The first-order chi connectivity index (χ1) is 15.9. The van der Waals surface area contributed by atoms with Crippen molar-refractivity contribution >= 4 is 0 Å². The Morgan fingerprint density at radius 3 is 2.38 bits per heavy atom. The van der Waals surface area contributed by atoms with E-state index in [0.717, 1.165) is 35.8 Å². The summed E-state index contributed by atoms with van der Waals surface area (Å²) < 4.78 is 15.1. The van der Waals surface area contributed by atoms with Gasteiger partial charge in [-0.1, -0.05) is 97.8 Å². The normalized spacial score (nSPS) is 30.4. The molecule has 7 atom stereocenters. The van der Waals surface area contributed by atoms with Crippen molar-refractivity contribution in [2.24, 2.45) is 40.4 Å². The van der Waals surface area contributed by atoms with Crippen molar-refractivity contribution in [3.8, 4) is 0 Å². The van der Waals surface area contributed by atoms with Crippen LogP contribution in [0.15, 0.2) is 48.6 Å². The van der Waals surface area contributed by atoms with Gasteiger partial charge in [-0.3, -0.25) is 0 Å². The van der Waals surface area contributed by atoms with Crippen LogP contribution in [-0.2, 0) is 0 Å². The van der Waals surface area contributed by atoms with Crippen molar-refractivity contribution in [2.45, 2.75) is 119 Å². The third kappa shape index (κ3) is 6.98. The van der Waals surface area contributed by atoms with Gasteiger partial charge in [-0.15, -0.1) is 6.58 Å². The van der Waals surface area contributed by atoms with E-state index in [4.69, 9.17) is 6.58 Å². The van der Waals surface area contributed by atoms with Crippen LogP contribution in [0.4, 0.5) is 4.39 Å². The summed E-state index contributed by atoms with van der Waals surface area (Å²) in [4.78, 5) is 0. The SMILES string of the molecule is C=CCCC1CC1(CC)C(=C)[C@@H](CC(=C)/C=C(\C(F)CC)C(C)C(C)(C)C)C1CCC[C@H](C)C1.